The molecule has 68 valence electrons. The third-order valence-electron chi connectivity index (χ3n) is 1.65. The van der Waals surface area contributed by atoms with Crippen LogP contribution in [0.2, 0.25) is 5.02 Å². The van der Waals surface area contributed by atoms with Crippen molar-refractivity contribution in [3.05, 3.63) is 29.0 Å². The first-order valence-corrected chi connectivity index (χ1v) is 4.37. The van der Waals surface area contributed by atoms with E-state index in [0.717, 1.165) is 5.56 Å². The fraction of sp³-hybridized carbons (Fsp3) is 0.300. The molecule has 1 atom stereocenters. The average Bonchev–Trinajstić information content (AvgIpc) is 2.14. The SMILES string of the molecule is CC#CCC(N)c1cncc(Cl)c1. The summed E-state index contributed by atoms with van der Waals surface area (Å²) in [6.07, 6.45) is 3.94. The van der Waals surface area contributed by atoms with Crippen molar-refractivity contribution >= 4 is 11.6 Å². The molecular formula is C10H11ClN2. The van der Waals surface area contributed by atoms with E-state index >= 15 is 0 Å². The second-order valence-corrected chi connectivity index (χ2v) is 3.11. The molecule has 0 aliphatic rings. The predicted molar refractivity (Wildman–Crippen MR) is 54.2 cm³/mol. The van der Waals surface area contributed by atoms with Gasteiger partial charge in [0.15, 0.2) is 0 Å². The van der Waals surface area contributed by atoms with Gasteiger partial charge in [0.05, 0.1) is 5.02 Å². The highest BCUT2D eigenvalue weighted by molar-refractivity contribution is 6.30. The highest BCUT2D eigenvalue weighted by Gasteiger charge is 2.04. The Morgan fingerprint density at radius 3 is 3.00 bits per heavy atom. The number of halogens is 1. The number of rotatable bonds is 2. The first kappa shape index (κ1) is 10.0. The largest absolute Gasteiger partial charge is 0.323 e. The number of nitrogens with zero attached hydrogens (tertiary/aromatic N) is 1. The van der Waals surface area contributed by atoms with Gasteiger partial charge in [-0.3, -0.25) is 4.98 Å². The molecule has 0 saturated carbocycles. The molecule has 0 fully saturated rings. The lowest BCUT2D eigenvalue weighted by Crippen LogP contribution is -2.09. The van der Waals surface area contributed by atoms with Crippen LogP contribution in [0.15, 0.2) is 18.5 Å². The van der Waals surface area contributed by atoms with E-state index in [4.69, 9.17) is 17.3 Å². The van der Waals surface area contributed by atoms with Crippen molar-refractivity contribution in [1.29, 1.82) is 0 Å². The summed E-state index contributed by atoms with van der Waals surface area (Å²) in [5.74, 6) is 5.72. The number of nitrogens with two attached hydrogens (primary N) is 1. The lowest BCUT2D eigenvalue weighted by Gasteiger charge is -2.07. The maximum absolute atomic E-state index is 5.85. The molecule has 2 nitrogen and oxygen atoms in total. The molecule has 0 aliphatic heterocycles. The fourth-order valence-electron chi connectivity index (χ4n) is 0.961. The van der Waals surface area contributed by atoms with E-state index in [1.165, 1.54) is 0 Å². The zero-order chi connectivity index (χ0) is 9.68. The van der Waals surface area contributed by atoms with Crippen molar-refractivity contribution in [2.45, 2.75) is 19.4 Å². The molecule has 0 radical (unpaired) electrons. The van der Waals surface area contributed by atoms with Crippen molar-refractivity contribution in [3.8, 4) is 11.8 Å². The number of hydrogen-bond acceptors (Lipinski definition) is 2. The molecule has 1 aromatic heterocycles. The van der Waals surface area contributed by atoms with Crippen LogP contribution in [0.3, 0.4) is 0 Å². The van der Waals surface area contributed by atoms with E-state index in [0.29, 0.717) is 11.4 Å². The summed E-state index contributed by atoms with van der Waals surface area (Å²) in [7, 11) is 0. The first-order chi connectivity index (χ1) is 6.24. The van der Waals surface area contributed by atoms with E-state index in [1.807, 2.05) is 6.07 Å². The number of pyridine rings is 1. The molecule has 0 bridgehead atoms. The third kappa shape index (κ3) is 3.06. The van der Waals surface area contributed by atoms with Gasteiger partial charge in [-0.2, -0.15) is 0 Å². The maximum Gasteiger partial charge on any atom is 0.0592 e. The van der Waals surface area contributed by atoms with Gasteiger partial charge in [-0.15, -0.1) is 11.8 Å². The second-order valence-electron chi connectivity index (χ2n) is 2.67. The van der Waals surface area contributed by atoms with Crippen LogP contribution in [0.4, 0.5) is 0 Å². The van der Waals surface area contributed by atoms with Crippen LogP contribution in [0.1, 0.15) is 24.9 Å². The maximum atomic E-state index is 5.85. The standard InChI is InChI=1S/C10H11ClN2/c1-2-3-4-10(12)8-5-9(11)7-13-6-8/h5-7,10H,4,12H2,1H3. The van der Waals surface area contributed by atoms with Gasteiger partial charge in [0.1, 0.15) is 0 Å². The van der Waals surface area contributed by atoms with Gasteiger partial charge in [-0.25, -0.2) is 0 Å². The van der Waals surface area contributed by atoms with Crippen molar-refractivity contribution in [2.75, 3.05) is 0 Å². The zero-order valence-electron chi connectivity index (χ0n) is 7.42. The molecule has 0 saturated heterocycles. The lowest BCUT2D eigenvalue weighted by molar-refractivity contribution is 0.749. The highest BCUT2D eigenvalue weighted by Crippen LogP contribution is 2.16. The second kappa shape index (κ2) is 4.86. The molecule has 1 heterocycles. The molecule has 13 heavy (non-hydrogen) atoms. The Labute approximate surface area is 83.1 Å². The van der Waals surface area contributed by atoms with Gasteiger partial charge < -0.3 is 5.73 Å². The quantitative estimate of drug-likeness (QED) is 0.733. The summed E-state index contributed by atoms with van der Waals surface area (Å²) in [6.45, 7) is 1.79. The molecular weight excluding hydrogens is 184 g/mol. The van der Waals surface area contributed by atoms with Gasteiger partial charge in [-0.05, 0) is 18.6 Å². The molecule has 1 unspecified atom stereocenters. The zero-order valence-corrected chi connectivity index (χ0v) is 8.17. The van der Waals surface area contributed by atoms with Gasteiger partial charge in [-0.1, -0.05) is 11.6 Å². The first-order valence-electron chi connectivity index (χ1n) is 3.99. The minimum absolute atomic E-state index is 0.0985. The minimum Gasteiger partial charge on any atom is -0.323 e. The minimum atomic E-state index is -0.0985. The Hall–Kier alpha value is -1.04. The summed E-state index contributed by atoms with van der Waals surface area (Å²) < 4.78 is 0. The molecule has 0 spiro atoms. The number of aromatic nitrogens is 1. The third-order valence-corrected chi connectivity index (χ3v) is 1.86. The Morgan fingerprint density at radius 2 is 2.38 bits per heavy atom. The normalized spacial score (nSPS) is 11.6. The van der Waals surface area contributed by atoms with Gasteiger partial charge in [0.2, 0.25) is 0 Å². The molecule has 0 amide bonds. The van der Waals surface area contributed by atoms with Crippen LogP contribution in [-0.2, 0) is 0 Å². The van der Waals surface area contributed by atoms with Crippen LogP contribution < -0.4 is 5.73 Å². The average molecular weight is 195 g/mol. The molecule has 1 rings (SSSR count). The summed E-state index contributed by atoms with van der Waals surface area (Å²) in [5, 5.41) is 0.609. The monoisotopic (exact) mass is 194 g/mol. The smallest absolute Gasteiger partial charge is 0.0592 e. The Kier molecular flexibility index (Phi) is 3.75. The predicted octanol–water partition coefficient (Wildman–Crippen LogP) is 2.15. The van der Waals surface area contributed by atoms with Crippen LogP contribution in [0, 0.1) is 11.8 Å². The van der Waals surface area contributed by atoms with Crippen LogP contribution in [0.25, 0.3) is 0 Å². The lowest BCUT2D eigenvalue weighted by atomic mass is 10.1. The van der Waals surface area contributed by atoms with E-state index < -0.39 is 0 Å². The molecule has 0 aliphatic carbocycles. The highest BCUT2D eigenvalue weighted by atomic mass is 35.5. The van der Waals surface area contributed by atoms with Crippen molar-refractivity contribution in [2.24, 2.45) is 5.73 Å². The molecule has 3 heteroatoms. The van der Waals surface area contributed by atoms with Crippen LogP contribution in [0.5, 0.6) is 0 Å². The van der Waals surface area contributed by atoms with Crippen molar-refractivity contribution in [1.82, 2.24) is 4.98 Å². The van der Waals surface area contributed by atoms with Gasteiger partial charge >= 0.3 is 0 Å². The molecule has 2 N–H and O–H groups in total. The van der Waals surface area contributed by atoms with Crippen molar-refractivity contribution in [3.63, 3.8) is 0 Å². The summed E-state index contributed by atoms with van der Waals surface area (Å²) in [6, 6.07) is 1.72. The van der Waals surface area contributed by atoms with Crippen molar-refractivity contribution < 1.29 is 0 Å². The summed E-state index contributed by atoms with van der Waals surface area (Å²) in [4.78, 5) is 3.95. The van der Waals surface area contributed by atoms with Gasteiger partial charge in [0, 0.05) is 24.9 Å². The topological polar surface area (TPSA) is 38.9 Å². The van der Waals surface area contributed by atoms with E-state index in [2.05, 4.69) is 16.8 Å². The van der Waals surface area contributed by atoms with Crippen LogP contribution >= 0.6 is 11.6 Å². The van der Waals surface area contributed by atoms with E-state index in [-0.39, 0.29) is 6.04 Å². The molecule has 1 aromatic rings. The van der Waals surface area contributed by atoms with Gasteiger partial charge in [0.25, 0.3) is 0 Å². The molecule has 0 aromatic carbocycles. The number of hydrogen-bond donors (Lipinski definition) is 1. The summed E-state index contributed by atoms with van der Waals surface area (Å²) in [5.41, 5.74) is 6.77. The van der Waals surface area contributed by atoms with E-state index in [9.17, 15) is 0 Å². The summed E-state index contributed by atoms with van der Waals surface area (Å²) >= 11 is 5.77. The van der Waals surface area contributed by atoms with E-state index in [1.54, 1.807) is 19.3 Å². The Bertz CT molecular complexity index is 338. The Balaban J connectivity index is 2.74. The van der Waals surface area contributed by atoms with Crippen LogP contribution in [-0.4, -0.2) is 4.98 Å². The Morgan fingerprint density at radius 1 is 1.62 bits per heavy atom. The fourth-order valence-corrected chi connectivity index (χ4v) is 1.14.